The summed E-state index contributed by atoms with van der Waals surface area (Å²) in [6.45, 7) is 2.19. The molecule has 2 nitrogen and oxygen atoms in total. The van der Waals surface area contributed by atoms with Gasteiger partial charge in [-0.2, -0.15) is 0 Å². The molecular weight excluding hydrogens is 252 g/mol. The van der Waals surface area contributed by atoms with E-state index in [0.29, 0.717) is 6.04 Å². The van der Waals surface area contributed by atoms with Gasteiger partial charge in [0.15, 0.2) is 0 Å². The maximum atomic E-state index is 3.58. The van der Waals surface area contributed by atoms with Crippen LogP contribution in [-0.2, 0) is 6.42 Å². The van der Waals surface area contributed by atoms with Crippen molar-refractivity contribution in [3.63, 3.8) is 0 Å². The molecule has 1 aromatic carbocycles. The molecule has 1 atom stereocenters. The number of hydrogen-bond acceptors (Lipinski definition) is 1. The Kier molecular flexibility index (Phi) is 3.12. The molecule has 0 unspecified atom stereocenters. The van der Waals surface area contributed by atoms with E-state index in [0.717, 1.165) is 11.0 Å². The summed E-state index contributed by atoms with van der Waals surface area (Å²) in [5.41, 5.74) is 2.55. The van der Waals surface area contributed by atoms with E-state index >= 15 is 0 Å². The highest BCUT2D eigenvalue weighted by Crippen LogP contribution is 2.27. The van der Waals surface area contributed by atoms with Gasteiger partial charge in [0.05, 0.1) is 4.60 Å². The van der Waals surface area contributed by atoms with Gasteiger partial charge < -0.3 is 10.3 Å². The van der Waals surface area contributed by atoms with Gasteiger partial charge in [0.1, 0.15) is 0 Å². The van der Waals surface area contributed by atoms with Gasteiger partial charge in [0.25, 0.3) is 0 Å². The SMILES string of the molecule is CN[C@H](C)Cc1c(Br)[nH]c2ccccc12. The average Bonchev–Trinajstić information content (AvgIpc) is 2.55. The number of fused-ring (bicyclic) bond motifs is 1. The zero-order valence-corrected chi connectivity index (χ0v) is 10.6. The van der Waals surface area contributed by atoms with E-state index in [1.807, 2.05) is 7.05 Å². The van der Waals surface area contributed by atoms with Crippen LogP contribution >= 0.6 is 15.9 Å². The minimum Gasteiger partial charge on any atom is -0.349 e. The monoisotopic (exact) mass is 266 g/mol. The first kappa shape index (κ1) is 10.7. The third-order valence-electron chi connectivity index (χ3n) is 2.76. The molecule has 1 aromatic heterocycles. The molecule has 0 spiro atoms. The number of hydrogen-bond donors (Lipinski definition) is 2. The highest BCUT2D eigenvalue weighted by Gasteiger charge is 2.11. The molecule has 0 fully saturated rings. The number of para-hydroxylation sites is 1. The van der Waals surface area contributed by atoms with Crippen molar-refractivity contribution in [2.45, 2.75) is 19.4 Å². The fourth-order valence-corrected chi connectivity index (χ4v) is 2.36. The predicted octanol–water partition coefficient (Wildman–Crippen LogP) is 3.08. The Bertz CT molecular complexity index is 462. The largest absolute Gasteiger partial charge is 0.349 e. The summed E-state index contributed by atoms with van der Waals surface area (Å²) in [7, 11) is 1.99. The van der Waals surface area contributed by atoms with Crippen molar-refractivity contribution in [3.05, 3.63) is 34.4 Å². The average molecular weight is 267 g/mol. The normalized spacial score (nSPS) is 13.3. The van der Waals surface area contributed by atoms with Crippen LogP contribution in [0.4, 0.5) is 0 Å². The highest BCUT2D eigenvalue weighted by atomic mass is 79.9. The summed E-state index contributed by atoms with van der Waals surface area (Å²) in [5, 5.41) is 4.57. The smallest absolute Gasteiger partial charge is 0.0864 e. The Morgan fingerprint density at radius 1 is 1.40 bits per heavy atom. The van der Waals surface area contributed by atoms with Gasteiger partial charge in [-0.05, 0) is 48.0 Å². The molecule has 80 valence electrons. The number of aromatic amines is 1. The third-order valence-corrected chi connectivity index (χ3v) is 3.44. The molecule has 1 heterocycles. The van der Waals surface area contributed by atoms with Crippen molar-refractivity contribution < 1.29 is 0 Å². The first-order valence-corrected chi connectivity index (χ1v) is 5.94. The zero-order valence-electron chi connectivity index (χ0n) is 8.97. The molecule has 0 aliphatic carbocycles. The zero-order chi connectivity index (χ0) is 10.8. The van der Waals surface area contributed by atoms with E-state index in [1.54, 1.807) is 0 Å². The standard InChI is InChI=1S/C12H15BrN2/c1-8(14-2)7-10-9-5-3-4-6-11(9)15-12(10)13/h3-6,8,14-15H,7H2,1-2H3/t8-/m1/s1. The fourth-order valence-electron chi connectivity index (χ4n) is 1.77. The van der Waals surface area contributed by atoms with Gasteiger partial charge in [-0.3, -0.25) is 0 Å². The molecule has 0 amide bonds. The molecule has 0 radical (unpaired) electrons. The van der Waals surface area contributed by atoms with Crippen LogP contribution in [0.1, 0.15) is 12.5 Å². The van der Waals surface area contributed by atoms with Crippen LogP contribution in [0.25, 0.3) is 10.9 Å². The van der Waals surface area contributed by atoms with Crippen LogP contribution in [0, 0.1) is 0 Å². The van der Waals surface area contributed by atoms with Crippen molar-refractivity contribution in [1.29, 1.82) is 0 Å². The van der Waals surface area contributed by atoms with E-state index in [-0.39, 0.29) is 0 Å². The number of H-pyrrole nitrogens is 1. The minimum atomic E-state index is 0.487. The Balaban J connectivity index is 2.45. The van der Waals surface area contributed by atoms with Gasteiger partial charge >= 0.3 is 0 Å². The minimum absolute atomic E-state index is 0.487. The van der Waals surface area contributed by atoms with Crippen LogP contribution in [0.2, 0.25) is 0 Å². The molecular formula is C12H15BrN2. The summed E-state index contributed by atoms with van der Waals surface area (Å²) in [6.07, 6.45) is 1.03. The Labute approximate surface area is 98.2 Å². The highest BCUT2D eigenvalue weighted by molar-refractivity contribution is 9.10. The van der Waals surface area contributed by atoms with Crippen molar-refractivity contribution in [2.75, 3.05) is 7.05 Å². The van der Waals surface area contributed by atoms with Crippen LogP contribution in [-0.4, -0.2) is 18.1 Å². The lowest BCUT2D eigenvalue weighted by molar-refractivity contribution is 0.609. The van der Waals surface area contributed by atoms with Crippen LogP contribution in [0.5, 0.6) is 0 Å². The van der Waals surface area contributed by atoms with E-state index < -0.39 is 0 Å². The Morgan fingerprint density at radius 3 is 2.87 bits per heavy atom. The predicted molar refractivity (Wildman–Crippen MR) is 68.2 cm³/mol. The van der Waals surface area contributed by atoms with Crippen LogP contribution in [0.15, 0.2) is 28.9 Å². The number of benzene rings is 1. The Hall–Kier alpha value is -0.800. The van der Waals surface area contributed by atoms with E-state index in [4.69, 9.17) is 0 Å². The molecule has 0 aliphatic heterocycles. The number of halogens is 1. The van der Waals surface area contributed by atoms with E-state index in [1.165, 1.54) is 16.5 Å². The maximum absolute atomic E-state index is 3.58. The van der Waals surface area contributed by atoms with Gasteiger partial charge in [-0.15, -0.1) is 0 Å². The summed E-state index contributed by atoms with van der Waals surface area (Å²) in [5.74, 6) is 0. The van der Waals surface area contributed by atoms with Crippen LogP contribution < -0.4 is 5.32 Å². The third kappa shape index (κ3) is 2.08. The van der Waals surface area contributed by atoms with E-state index in [2.05, 4.69) is 57.4 Å². The molecule has 0 aliphatic rings. The summed E-state index contributed by atoms with van der Waals surface area (Å²) in [6, 6.07) is 8.88. The second-order valence-corrected chi connectivity index (χ2v) is 4.65. The molecule has 0 bridgehead atoms. The first-order chi connectivity index (χ1) is 7.22. The maximum Gasteiger partial charge on any atom is 0.0864 e. The summed E-state index contributed by atoms with van der Waals surface area (Å²) < 4.78 is 1.10. The van der Waals surface area contributed by atoms with Crippen molar-refractivity contribution in [3.8, 4) is 0 Å². The Morgan fingerprint density at radius 2 is 2.13 bits per heavy atom. The molecule has 2 N–H and O–H groups in total. The van der Waals surface area contributed by atoms with Gasteiger partial charge in [-0.1, -0.05) is 18.2 Å². The molecule has 15 heavy (non-hydrogen) atoms. The van der Waals surface area contributed by atoms with Crippen molar-refractivity contribution >= 4 is 26.8 Å². The number of aromatic nitrogens is 1. The molecule has 2 aromatic rings. The lowest BCUT2D eigenvalue weighted by Crippen LogP contribution is -2.23. The second kappa shape index (κ2) is 4.37. The fraction of sp³-hybridized carbons (Fsp3) is 0.333. The van der Waals surface area contributed by atoms with Crippen molar-refractivity contribution in [2.24, 2.45) is 0 Å². The quantitative estimate of drug-likeness (QED) is 0.878. The van der Waals surface area contributed by atoms with Gasteiger partial charge in [0.2, 0.25) is 0 Å². The van der Waals surface area contributed by atoms with Crippen LogP contribution in [0.3, 0.4) is 0 Å². The molecule has 3 heteroatoms. The topological polar surface area (TPSA) is 27.8 Å². The summed E-state index contributed by atoms with van der Waals surface area (Å²) in [4.78, 5) is 3.35. The number of likely N-dealkylation sites (N-methyl/N-ethyl adjacent to an activating group) is 1. The van der Waals surface area contributed by atoms with Gasteiger partial charge in [0, 0.05) is 16.9 Å². The lowest BCUT2D eigenvalue weighted by atomic mass is 10.1. The molecule has 2 rings (SSSR count). The molecule has 0 saturated carbocycles. The van der Waals surface area contributed by atoms with Crippen molar-refractivity contribution in [1.82, 2.24) is 10.3 Å². The van der Waals surface area contributed by atoms with E-state index in [9.17, 15) is 0 Å². The molecule has 0 saturated heterocycles. The lowest BCUT2D eigenvalue weighted by Gasteiger charge is -2.09. The second-order valence-electron chi connectivity index (χ2n) is 3.86. The number of nitrogens with one attached hydrogen (secondary N) is 2. The summed E-state index contributed by atoms with van der Waals surface area (Å²) >= 11 is 3.58. The van der Waals surface area contributed by atoms with Gasteiger partial charge in [-0.25, -0.2) is 0 Å². The number of rotatable bonds is 3. The first-order valence-electron chi connectivity index (χ1n) is 5.14.